The number of rotatable bonds is 5. The fourth-order valence-electron chi connectivity index (χ4n) is 2.20. The minimum Gasteiger partial charge on any atom is -0.490 e. The first-order valence-corrected chi connectivity index (χ1v) is 7.27. The number of amides is 1. The minimum atomic E-state index is -0.00946. The highest BCUT2D eigenvalue weighted by Crippen LogP contribution is 2.32. The zero-order chi connectivity index (χ0) is 15.4. The highest BCUT2D eigenvalue weighted by molar-refractivity contribution is 5.96. The van der Waals surface area contributed by atoms with Gasteiger partial charge in [-0.15, -0.1) is 0 Å². The van der Waals surface area contributed by atoms with Gasteiger partial charge < -0.3 is 15.0 Å². The van der Waals surface area contributed by atoms with Gasteiger partial charge in [-0.2, -0.15) is 0 Å². The summed E-state index contributed by atoms with van der Waals surface area (Å²) in [5, 5.41) is 2.91. The van der Waals surface area contributed by atoms with E-state index < -0.39 is 0 Å². The first-order chi connectivity index (χ1) is 9.97. The second-order valence-corrected chi connectivity index (χ2v) is 5.71. The van der Waals surface area contributed by atoms with Crippen LogP contribution in [0.3, 0.4) is 0 Å². The lowest BCUT2D eigenvalue weighted by atomic mass is 10.1. The number of nitrogens with zero attached hydrogens (tertiary/aromatic N) is 1. The number of carbonyl (C=O) groups excluding carboxylic acids is 2. The van der Waals surface area contributed by atoms with Crippen LogP contribution >= 0.6 is 0 Å². The minimum absolute atomic E-state index is 0.00702. The van der Waals surface area contributed by atoms with Crippen molar-refractivity contribution in [3.8, 4) is 5.75 Å². The molecule has 0 atom stereocenters. The van der Waals surface area contributed by atoms with E-state index in [1.165, 1.54) is 6.92 Å². The van der Waals surface area contributed by atoms with Crippen molar-refractivity contribution in [3.05, 3.63) is 23.8 Å². The monoisotopic (exact) mass is 290 g/mol. The second-order valence-electron chi connectivity index (χ2n) is 5.71. The summed E-state index contributed by atoms with van der Waals surface area (Å²) in [6.07, 6.45) is 0. The van der Waals surface area contributed by atoms with Crippen LogP contribution < -0.4 is 15.0 Å². The molecule has 1 amide bonds. The third-order valence-corrected chi connectivity index (χ3v) is 3.37. The Morgan fingerprint density at radius 2 is 2.14 bits per heavy atom. The molecule has 1 aromatic carbocycles. The summed E-state index contributed by atoms with van der Waals surface area (Å²) in [5.41, 5.74) is 1.44. The van der Waals surface area contributed by atoms with Gasteiger partial charge in [-0.05, 0) is 31.0 Å². The van der Waals surface area contributed by atoms with E-state index in [4.69, 9.17) is 4.74 Å². The lowest BCUT2D eigenvalue weighted by Crippen LogP contribution is -2.42. The quantitative estimate of drug-likeness (QED) is 0.841. The molecule has 0 bridgehead atoms. The summed E-state index contributed by atoms with van der Waals surface area (Å²) in [6.45, 7) is 7.79. The summed E-state index contributed by atoms with van der Waals surface area (Å²) in [7, 11) is 0. The summed E-state index contributed by atoms with van der Waals surface area (Å²) in [4.78, 5) is 25.4. The zero-order valence-corrected chi connectivity index (χ0v) is 12.8. The molecule has 0 radical (unpaired) electrons. The summed E-state index contributed by atoms with van der Waals surface area (Å²) in [6, 6.07) is 5.35. The predicted octanol–water partition coefficient (Wildman–Crippen LogP) is 1.86. The van der Waals surface area contributed by atoms with Gasteiger partial charge in [0.25, 0.3) is 0 Å². The van der Waals surface area contributed by atoms with Crippen LogP contribution in [0.25, 0.3) is 0 Å². The van der Waals surface area contributed by atoms with Crippen molar-refractivity contribution >= 4 is 17.4 Å². The number of benzene rings is 1. The van der Waals surface area contributed by atoms with Gasteiger partial charge in [-0.1, -0.05) is 13.8 Å². The molecule has 1 aromatic rings. The standard InChI is InChI=1S/C16H22N2O3/c1-11(2)9-17-16(20)10-18-6-7-21-15-5-4-13(12(3)19)8-14(15)18/h4-5,8,11H,6-7,9-10H2,1-3H3,(H,17,20). The van der Waals surface area contributed by atoms with E-state index in [1.807, 2.05) is 4.90 Å². The predicted molar refractivity (Wildman–Crippen MR) is 82.0 cm³/mol. The van der Waals surface area contributed by atoms with E-state index in [-0.39, 0.29) is 18.2 Å². The van der Waals surface area contributed by atoms with Crippen LogP contribution in [-0.4, -0.2) is 37.9 Å². The third-order valence-electron chi connectivity index (χ3n) is 3.37. The lowest BCUT2D eigenvalue weighted by molar-refractivity contribution is -0.119. The van der Waals surface area contributed by atoms with Gasteiger partial charge in [0.15, 0.2) is 5.78 Å². The van der Waals surface area contributed by atoms with Crippen molar-refractivity contribution in [2.24, 2.45) is 5.92 Å². The van der Waals surface area contributed by atoms with Crippen molar-refractivity contribution in [1.82, 2.24) is 5.32 Å². The molecule has 0 spiro atoms. The van der Waals surface area contributed by atoms with E-state index in [9.17, 15) is 9.59 Å². The number of fused-ring (bicyclic) bond motifs is 1. The third kappa shape index (κ3) is 3.97. The van der Waals surface area contributed by atoms with Crippen LogP contribution in [0.2, 0.25) is 0 Å². The van der Waals surface area contributed by atoms with Gasteiger partial charge in [0.1, 0.15) is 12.4 Å². The van der Waals surface area contributed by atoms with Gasteiger partial charge in [-0.3, -0.25) is 9.59 Å². The SMILES string of the molecule is CC(=O)c1ccc2c(c1)N(CC(=O)NCC(C)C)CCO2. The second kappa shape index (κ2) is 6.61. The summed E-state index contributed by atoms with van der Waals surface area (Å²) in [5.74, 6) is 1.15. The number of Topliss-reactive ketones (excluding diaryl/α,β-unsaturated/α-hetero) is 1. The van der Waals surface area contributed by atoms with Gasteiger partial charge in [0.05, 0.1) is 18.8 Å². The van der Waals surface area contributed by atoms with Crippen molar-refractivity contribution in [2.45, 2.75) is 20.8 Å². The highest BCUT2D eigenvalue weighted by Gasteiger charge is 2.21. The van der Waals surface area contributed by atoms with Gasteiger partial charge in [-0.25, -0.2) is 0 Å². The Morgan fingerprint density at radius 1 is 1.38 bits per heavy atom. The van der Waals surface area contributed by atoms with Crippen LogP contribution in [0.5, 0.6) is 5.75 Å². The van der Waals surface area contributed by atoms with Crippen molar-refractivity contribution in [2.75, 3.05) is 31.1 Å². The molecule has 1 heterocycles. The average Bonchev–Trinajstić information content (AvgIpc) is 2.45. The van der Waals surface area contributed by atoms with Crippen LogP contribution in [0, 0.1) is 5.92 Å². The van der Waals surface area contributed by atoms with Crippen molar-refractivity contribution in [3.63, 3.8) is 0 Å². The number of carbonyl (C=O) groups is 2. The maximum Gasteiger partial charge on any atom is 0.239 e. The van der Waals surface area contributed by atoms with E-state index in [0.29, 0.717) is 31.2 Å². The summed E-state index contributed by atoms with van der Waals surface area (Å²) < 4.78 is 5.58. The highest BCUT2D eigenvalue weighted by atomic mass is 16.5. The molecule has 0 fully saturated rings. The molecule has 1 aliphatic rings. The van der Waals surface area contributed by atoms with Crippen LogP contribution in [0.4, 0.5) is 5.69 Å². The molecule has 0 aromatic heterocycles. The molecule has 0 saturated carbocycles. The molecule has 21 heavy (non-hydrogen) atoms. The topological polar surface area (TPSA) is 58.6 Å². The Morgan fingerprint density at radius 3 is 2.81 bits per heavy atom. The normalized spacial score (nSPS) is 13.6. The van der Waals surface area contributed by atoms with Crippen LogP contribution in [0.15, 0.2) is 18.2 Å². The fraction of sp³-hybridized carbons (Fsp3) is 0.500. The van der Waals surface area contributed by atoms with E-state index in [2.05, 4.69) is 19.2 Å². The van der Waals surface area contributed by atoms with Crippen molar-refractivity contribution in [1.29, 1.82) is 0 Å². The molecule has 114 valence electrons. The van der Waals surface area contributed by atoms with E-state index in [0.717, 1.165) is 11.4 Å². The molecule has 2 rings (SSSR count). The van der Waals surface area contributed by atoms with Gasteiger partial charge >= 0.3 is 0 Å². The number of anilines is 1. The smallest absolute Gasteiger partial charge is 0.239 e. The molecule has 0 saturated heterocycles. The van der Waals surface area contributed by atoms with E-state index >= 15 is 0 Å². The molecular weight excluding hydrogens is 268 g/mol. The Kier molecular flexibility index (Phi) is 4.83. The van der Waals surface area contributed by atoms with Gasteiger partial charge in [0, 0.05) is 12.1 Å². The number of ether oxygens (including phenoxy) is 1. The maximum absolute atomic E-state index is 12.0. The van der Waals surface area contributed by atoms with Crippen molar-refractivity contribution < 1.29 is 14.3 Å². The Labute approximate surface area is 125 Å². The number of nitrogens with one attached hydrogen (secondary N) is 1. The zero-order valence-electron chi connectivity index (χ0n) is 12.8. The molecule has 1 N–H and O–H groups in total. The molecule has 0 unspecified atom stereocenters. The molecule has 0 aliphatic carbocycles. The first-order valence-electron chi connectivity index (χ1n) is 7.27. The average molecular weight is 290 g/mol. The number of hydrogen-bond acceptors (Lipinski definition) is 4. The van der Waals surface area contributed by atoms with E-state index in [1.54, 1.807) is 18.2 Å². The number of ketones is 1. The van der Waals surface area contributed by atoms with Gasteiger partial charge in [0.2, 0.25) is 5.91 Å². The molecule has 1 aliphatic heterocycles. The Bertz CT molecular complexity index is 540. The van der Waals surface area contributed by atoms with Crippen LogP contribution in [0.1, 0.15) is 31.1 Å². The molecular formula is C16H22N2O3. The first kappa shape index (κ1) is 15.4. The Balaban J connectivity index is 2.11. The maximum atomic E-state index is 12.0. The molecule has 5 nitrogen and oxygen atoms in total. The summed E-state index contributed by atoms with van der Waals surface area (Å²) >= 11 is 0. The lowest BCUT2D eigenvalue weighted by Gasteiger charge is -2.31. The fourth-order valence-corrected chi connectivity index (χ4v) is 2.20. The Hall–Kier alpha value is -2.04. The van der Waals surface area contributed by atoms with Crippen LogP contribution in [-0.2, 0) is 4.79 Å². The number of hydrogen-bond donors (Lipinski definition) is 1. The molecule has 5 heteroatoms. The largest absolute Gasteiger partial charge is 0.490 e.